The van der Waals surface area contributed by atoms with Crippen molar-refractivity contribution in [3.05, 3.63) is 163 Å². The molecule has 196 valence electrons. The SMILES string of the molecule is Cc1c(-c2cccc(N(c3cccc(-c4ccccc4)c3)c3ccccc3-c3ccccc3)c2)oc2ccccc12. The predicted octanol–water partition coefficient (Wildman–Crippen LogP) is 11.2. The first-order valence-electron chi connectivity index (χ1n) is 13.9. The first kappa shape index (κ1) is 24.7. The van der Waals surface area contributed by atoms with Crippen LogP contribution in [-0.4, -0.2) is 0 Å². The van der Waals surface area contributed by atoms with Gasteiger partial charge in [0.1, 0.15) is 11.3 Å². The Morgan fingerprint density at radius 2 is 1.02 bits per heavy atom. The summed E-state index contributed by atoms with van der Waals surface area (Å²) in [5.74, 6) is 0.905. The topological polar surface area (TPSA) is 16.4 Å². The summed E-state index contributed by atoms with van der Waals surface area (Å²) in [7, 11) is 0. The van der Waals surface area contributed by atoms with Crippen molar-refractivity contribution < 1.29 is 4.42 Å². The Bertz CT molecular complexity index is 1950. The van der Waals surface area contributed by atoms with Gasteiger partial charge in [0.15, 0.2) is 0 Å². The second-order valence-electron chi connectivity index (χ2n) is 10.2. The van der Waals surface area contributed by atoms with Crippen molar-refractivity contribution in [2.45, 2.75) is 6.92 Å². The lowest BCUT2D eigenvalue weighted by molar-refractivity contribution is 0.629. The highest BCUT2D eigenvalue weighted by molar-refractivity contribution is 5.91. The molecule has 2 heteroatoms. The molecule has 0 atom stereocenters. The third-order valence-corrected chi connectivity index (χ3v) is 7.65. The minimum absolute atomic E-state index is 0.905. The van der Waals surface area contributed by atoms with E-state index in [1.54, 1.807) is 0 Å². The molecule has 0 aliphatic rings. The molecule has 0 spiro atoms. The van der Waals surface area contributed by atoms with Gasteiger partial charge in [-0.1, -0.05) is 121 Å². The molecule has 7 aromatic rings. The zero-order chi connectivity index (χ0) is 27.6. The number of furan rings is 1. The van der Waals surface area contributed by atoms with Crippen LogP contribution in [0.4, 0.5) is 17.1 Å². The van der Waals surface area contributed by atoms with E-state index < -0.39 is 0 Å². The van der Waals surface area contributed by atoms with E-state index in [0.717, 1.165) is 44.9 Å². The summed E-state index contributed by atoms with van der Waals surface area (Å²) >= 11 is 0. The monoisotopic (exact) mass is 527 g/mol. The number of rotatable bonds is 6. The summed E-state index contributed by atoms with van der Waals surface area (Å²) in [6.45, 7) is 2.14. The largest absolute Gasteiger partial charge is 0.456 e. The third-order valence-electron chi connectivity index (χ3n) is 7.65. The molecular formula is C39H29NO. The highest BCUT2D eigenvalue weighted by Gasteiger charge is 2.19. The lowest BCUT2D eigenvalue weighted by Crippen LogP contribution is -2.11. The van der Waals surface area contributed by atoms with E-state index in [9.17, 15) is 0 Å². The molecular weight excluding hydrogens is 498 g/mol. The number of nitrogens with zero attached hydrogens (tertiary/aromatic N) is 1. The van der Waals surface area contributed by atoms with Crippen LogP contribution in [0.1, 0.15) is 5.56 Å². The Hall–Kier alpha value is -5.34. The van der Waals surface area contributed by atoms with E-state index in [1.165, 1.54) is 22.3 Å². The maximum absolute atomic E-state index is 6.38. The quantitative estimate of drug-likeness (QED) is 0.214. The summed E-state index contributed by atoms with van der Waals surface area (Å²) < 4.78 is 6.38. The molecule has 0 saturated heterocycles. The Labute approximate surface area is 240 Å². The van der Waals surface area contributed by atoms with Crippen LogP contribution in [0, 0.1) is 6.92 Å². The highest BCUT2D eigenvalue weighted by atomic mass is 16.3. The van der Waals surface area contributed by atoms with Crippen LogP contribution >= 0.6 is 0 Å². The molecule has 2 nitrogen and oxygen atoms in total. The van der Waals surface area contributed by atoms with Gasteiger partial charge >= 0.3 is 0 Å². The molecule has 0 fully saturated rings. The van der Waals surface area contributed by atoms with Crippen LogP contribution in [0.15, 0.2) is 162 Å². The standard InChI is InChI=1S/C39H29NO/c1-28-35-22-9-11-25-38(35)41-39(28)32-19-13-21-34(27-32)40(33-20-12-18-31(26-33)29-14-4-2-5-15-29)37-24-10-8-23-36(37)30-16-6-3-7-17-30/h2-27H,1H3. The molecule has 7 rings (SSSR count). The van der Waals surface area contributed by atoms with E-state index >= 15 is 0 Å². The Kier molecular flexibility index (Phi) is 6.42. The molecule has 1 heterocycles. The van der Waals surface area contributed by atoms with Crippen LogP contribution in [0.25, 0.3) is 44.5 Å². The number of hydrogen-bond donors (Lipinski definition) is 0. The lowest BCUT2D eigenvalue weighted by Gasteiger charge is -2.28. The van der Waals surface area contributed by atoms with Gasteiger partial charge < -0.3 is 9.32 Å². The van der Waals surface area contributed by atoms with Crippen LogP contribution < -0.4 is 4.90 Å². The van der Waals surface area contributed by atoms with Gasteiger partial charge in [0.05, 0.1) is 5.69 Å². The van der Waals surface area contributed by atoms with Gasteiger partial charge in [-0.25, -0.2) is 0 Å². The molecule has 0 saturated carbocycles. The number of anilines is 3. The van der Waals surface area contributed by atoms with Crippen molar-refractivity contribution in [1.82, 2.24) is 0 Å². The van der Waals surface area contributed by atoms with E-state index in [2.05, 4.69) is 157 Å². The molecule has 0 N–H and O–H groups in total. The molecule has 0 radical (unpaired) electrons. The van der Waals surface area contributed by atoms with Crippen molar-refractivity contribution in [3.8, 4) is 33.6 Å². The fourth-order valence-electron chi connectivity index (χ4n) is 5.65. The Balaban J connectivity index is 1.43. The van der Waals surface area contributed by atoms with Gasteiger partial charge in [0.2, 0.25) is 0 Å². The molecule has 0 bridgehead atoms. The van der Waals surface area contributed by atoms with Crippen molar-refractivity contribution in [2.75, 3.05) is 4.90 Å². The molecule has 1 aromatic heterocycles. The molecule has 6 aromatic carbocycles. The molecule has 0 aliphatic heterocycles. The van der Waals surface area contributed by atoms with Gasteiger partial charge in [0, 0.05) is 33.5 Å². The van der Waals surface area contributed by atoms with Crippen molar-refractivity contribution in [3.63, 3.8) is 0 Å². The van der Waals surface area contributed by atoms with Crippen molar-refractivity contribution in [1.29, 1.82) is 0 Å². The van der Waals surface area contributed by atoms with Crippen LogP contribution in [0.2, 0.25) is 0 Å². The zero-order valence-electron chi connectivity index (χ0n) is 22.9. The van der Waals surface area contributed by atoms with E-state index in [0.29, 0.717) is 0 Å². The first-order valence-corrected chi connectivity index (χ1v) is 13.9. The fraction of sp³-hybridized carbons (Fsp3) is 0.0256. The second kappa shape index (κ2) is 10.7. The Morgan fingerprint density at radius 1 is 0.463 bits per heavy atom. The van der Waals surface area contributed by atoms with Gasteiger partial charge in [0.25, 0.3) is 0 Å². The summed E-state index contributed by atoms with van der Waals surface area (Å²) in [6.07, 6.45) is 0. The second-order valence-corrected chi connectivity index (χ2v) is 10.2. The summed E-state index contributed by atoms with van der Waals surface area (Å²) in [6, 6.07) is 55.5. The smallest absolute Gasteiger partial charge is 0.138 e. The molecule has 0 unspecified atom stereocenters. The fourth-order valence-corrected chi connectivity index (χ4v) is 5.65. The van der Waals surface area contributed by atoms with Crippen LogP contribution in [0.3, 0.4) is 0 Å². The van der Waals surface area contributed by atoms with Gasteiger partial charge in [-0.3, -0.25) is 0 Å². The third kappa shape index (κ3) is 4.70. The van der Waals surface area contributed by atoms with Crippen LogP contribution in [-0.2, 0) is 0 Å². The normalized spacial score (nSPS) is 11.0. The van der Waals surface area contributed by atoms with Gasteiger partial charge in [-0.2, -0.15) is 0 Å². The molecule has 41 heavy (non-hydrogen) atoms. The van der Waals surface area contributed by atoms with Crippen molar-refractivity contribution >= 4 is 28.0 Å². The average Bonchev–Trinajstić information content (AvgIpc) is 3.39. The van der Waals surface area contributed by atoms with E-state index in [1.807, 2.05) is 12.1 Å². The summed E-state index contributed by atoms with van der Waals surface area (Å²) in [4.78, 5) is 2.36. The number of hydrogen-bond acceptors (Lipinski definition) is 2. The van der Waals surface area contributed by atoms with Crippen LogP contribution in [0.5, 0.6) is 0 Å². The Morgan fingerprint density at radius 3 is 1.76 bits per heavy atom. The van der Waals surface area contributed by atoms with Crippen molar-refractivity contribution in [2.24, 2.45) is 0 Å². The first-order chi connectivity index (χ1) is 20.3. The number of benzene rings is 6. The van der Waals surface area contributed by atoms with Gasteiger partial charge in [-0.05, 0) is 60.0 Å². The van der Waals surface area contributed by atoms with E-state index in [-0.39, 0.29) is 0 Å². The molecule has 0 aliphatic carbocycles. The number of fused-ring (bicyclic) bond motifs is 1. The van der Waals surface area contributed by atoms with Gasteiger partial charge in [-0.15, -0.1) is 0 Å². The maximum atomic E-state index is 6.38. The number of para-hydroxylation sites is 2. The highest BCUT2D eigenvalue weighted by Crippen LogP contribution is 2.43. The minimum Gasteiger partial charge on any atom is -0.456 e. The predicted molar refractivity (Wildman–Crippen MR) is 172 cm³/mol. The minimum atomic E-state index is 0.905. The molecule has 0 amide bonds. The number of aryl methyl sites for hydroxylation is 1. The summed E-state index contributed by atoms with van der Waals surface area (Å²) in [5, 5.41) is 1.15. The van der Waals surface area contributed by atoms with E-state index in [4.69, 9.17) is 4.42 Å². The zero-order valence-corrected chi connectivity index (χ0v) is 22.9. The lowest BCUT2D eigenvalue weighted by atomic mass is 10.00. The summed E-state index contributed by atoms with van der Waals surface area (Å²) in [5.41, 5.74) is 11.1. The maximum Gasteiger partial charge on any atom is 0.138 e. The average molecular weight is 528 g/mol.